The number of nitrogens with one attached hydrogen (secondary N) is 1. The first-order chi connectivity index (χ1) is 9.65. The van der Waals surface area contributed by atoms with Gasteiger partial charge in [-0.05, 0) is 43.1 Å². The maximum absolute atomic E-state index is 14.2. The van der Waals surface area contributed by atoms with Crippen LogP contribution in [0.5, 0.6) is 0 Å². The maximum Gasteiger partial charge on any atom is 0.164 e. The highest BCUT2D eigenvalue weighted by Crippen LogP contribution is 2.26. The van der Waals surface area contributed by atoms with Crippen LogP contribution in [0.1, 0.15) is 36.1 Å². The van der Waals surface area contributed by atoms with Crippen molar-refractivity contribution in [2.75, 3.05) is 6.54 Å². The molecule has 1 atom stereocenters. The van der Waals surface area contributed by atoms with Gasteiger partial charge in [-0.25, -0.2) is 8.78 Å². The minimum Gasteiger partial charge on any atom is -0.306 e. The van der Waals surface area contributed by atoms with Crippen molar-refractivity contribution in [2.24, 2.45) is 0 Å². The molecule has 20 heavy (non-hydrogen) atoms. The molecule has 0 spiro atoms. The fourth-order valence-corrected chi connectivity index (χ4v) is 2.14. The van der Waals surface area contributed by atoms with E-state index >= 15 is 0 Å². The van der Waals surface area contributed by atoms with E-state index < -0.39 is 11.6 Å². The average molecular weight is 276 g/mol. The van der Waals surface area contributed by atoms with Gasteiger partial charge < -0.3 is 5.32 Å². The molecule has 2 rings (SSSR count). The molecule has 0 aliphatic rings. The summed E-state index contributed by atoms with van der Waals surface area (Å²) in [6.45, 7) is 4.31. The lowest BCUT2D eigenvalue weighted by atomic mass is 9.97. The zero-order valence-corrected chi connectivity index (χ0v) is 11.7. The monoisotopic (exact) mass is 276 g/mol. The second kappa shape index (κ2) is 6.57. The highest BCUT2D eigenvalue weighted by atomic mass is 19.2. The SMILES string of the molecule is CCCNC(c1ccncc1)c1ccc(C)c(F)c1F. The summed E-state index contributed by atoms with van der Waals surface area (Å²) in [4.78, 5) is 3.96. The van der Waals surface area contributed by atoms with Gasteiger partial charge in [-0.1, -0.05) is 19.1 Å². The number of aromatic nitrogens is 1. The Balaban J connectivity index is 2.44. The van der Waals surface area contributed by atoms with E-state index in [0.717, 1.165) is 18.5 Å². The van der Waals surface area contributed by atoms with Crippen molar-refractivity contribution in [1.29, 1.82) is 0 Å². The molecule has 4 heteroatoms. The molecule has 0 aliphatic heterocycles. The standard InChI is InChI=1S/C16H18F2N2/c1-3-8-20-16(12-6-9-19-10-7-12)13-5-4-11(2)14(17)15(13)18/h4-7,9-10,16,20H,3,8H2,1-2H3. The Kier molecular flexibility index (Phi) is 4.79. The van der Waals surface area contributed by atoms with Crippen molar-refractivity contribution in [2.45, 2.75) is 26.3 Å². The van der Waals surface area contributed by atoms with E-state index in [2.05, 4.69) is 10.3 Å². The predicted octanol–water partition coefficient (Wildman–Crippen LogP) is 3.76. The minimum absolute atomic E-state index is 0.315. The van der Waals surface area contributed by atoms with Gasteiger partial charge in [0.15, 0.2) is 11.6 Å². The van der Waals surface area contributed by atoms with E-state index in [4.69, 9.17) is 0 Å². The third kappa shape index (κ3) is 3.02. The molecule has 106 valence electrons. The van der Waals surface area contributed by atoms with Crippen LogP contribution in [-0.4, -0.2) is 11.5 Å². The van der Waals surface area contributed by atoms with Crippen LogP contribution in [0.4, 0.5) is 8.78 Å². The molecule has 1 N–H and O–H groups in total. The summed E-state index contributed by atoms with van der Waals surface area (Å²) in [5, 5.41) is 3.26. The van der Waals surface area contributed by atoms with Gasteiger partial charge in [-0.15, -0.1) is 0 Å². The van der Waals surface area contributed by atoms with Crippen molar-refractivity contribution in [3.8, 4) is 0 Å². The second-order valence-corrected chi connectivity index (χ2v) is 4.77. The van der Waals surface area contributed by atoms with Gasteiger partial charge in [0.05, 0.1) is 6.04 Å². The first-order valence-electron chi connectivity index (χ1n) is 6.73. The number of hydrogen-bond donors (Lipinski definition) is 1. The zero-order valence-electron chi connectivity index (χ0n) is 11.7. The molecule has 0 saturated carbocycles. The zero-order chi connectivity index (χ0) is 14.5. The molecule has 1 heterocycles. The summed E-state index contributed by atoms with van der Waals surface area (Å²) in [5.74, 6) is -1.56. The van der Waals surface area contributed by atoms with Crippen molar-refractivity contribution in [3.05, 3.63) is 65.0 Å². The molecule has 2 aromatic rings. The molecule has 2 nitrogen and oxygen atoms in total. The van der Waals surface area contributed by atoms with Crippen molar-refractivity contribution in [3.63, 3.8) is 0 Å². The number of hydrogen-bond acceptors (Lipinski definition) is 2. The number of pyridine rings is 1. The van der Waals surface area contributed by atoms with Gasteiger partial charge >= 0.3 is 0 Å². The minimum atomic E-state index is -0.782. The molecule has 0 aliphatic carbocycles. The molecule has 0 saturated heterocycles. The maximum atomic E-state index is 14.2. The topological polar surface area (TPSA) is 24.9 Å². The van der Waals surface area contributed by atoms with E-state index in [1.165, 1.54) is 0 Å². The third-order valence-electron chi connectivity index (χ3n) is 3.25. The lowest BCUT2D eigenvalue weighted by Gasteiger charge is -2.20. The van der Waals surface area contributed by atoms with Crippen LogP contribution >= 0.6 is 0 Å². The molecule has 0 amide bonds. The highest BCUT2D eigenvalue weighted by Gasteiger charge is 2.20. The van der Waals surface area contributed by atoms with Crippen molar-refractivity contribution in [1.82, 2.24) is 10.3 Å². The van der Waals surface area contributed by atoms with Crippen LogP contribution in [0.25, 0.3) is 0 Å². The lowest BCUT2D eigenvalue weighted by Crippen LogP contribution is -2.24. The van der Waals surface area contributed by atoms with E-state index in [1.807, 2.05) is 19.1 Å². The Bertz CT molecular complexity index is 570. The van der Waals surface area contributed by atoms with Crippen LogP contribution in [0, 0.1) is 18.6 Å². The average Bonchev–Trinajstić information content (AvgIpc) is 2.48. The van der Waals surface area contributed by atoms with Gasteiger partial charge in [-0.2, -0.15) is 0 Å². The molecule has 1 aromatic heterocycles. The summed E-state index contributed by atoms with van der Waals surface area (Å²) in [5.41, 5.74) is 1.51. The second-order valence-electron chi connectivity index (χ2n) is 4.77. The Hall–Kier alpha value is -1.81. The van der Waals surface area contributed by atoms with Gasteiger partial charge in [0.2, 0.25) is 0 Å². The predicted molar refractivity (Wildman–Crippen MR) is 75.5 cm³/mol. The van der Waals surface area contributed by atoms with Gasteiger partial charge in [0, 0.05) is 18.0 Å². The van der Waals surface area contributed by atoms with Crippen LogP contribution in [0.3, 0.4) is 0 Å². The largest absolute Gasteiger partial charge is 0.306 e. The molecule has 1 unspecified atom stereocenters. The molecular formula is C16H18F2N2. The van der Waals surface area contributed by atoms with Gasteiger partial charge in [-0.3, -0.25) is 4.98 Å². The Morgan fingerprint density at radius 1 is 1.10 bits per heavy atom. The summed E-state index contributed by atoms with van der Waals surface area (Å²) in [6.07, 6.45) is 4.22. The van der Waals surface area contributed by atoms with Crippen molar-refractivity contribution < 1.29 is 8.78 Å². The number of halogens is 2. The Morgan fingerprint density at radius 2 is 1.80 bits per heavy atom. The van der Waals surface area contributed by atoms with E-state index in [-0.39, 0.29) is 6.04 Å². The molecular weight excluding hydrogens is 258 g/mol. The summed E-state index contributed by atoms with van der Waals surface area (Å²) < 4.78 is 28.0. The van der Waals surface area contributed by atoms with Gasteiger partial charge in [0.1, 0.15) is 0 Å². The normalized spacial score (nSPS) is 12.4. The fourth-order valence-electron chi connectivity index (χ4n) is 2.14. The number of nitrogens with zero attached hydrogens (tertiary/aromatic N) is 1. The number of benzene rings is 1. The van der Waals surface area contributed by atoms with Crippen LogP contribution < -0.4 is 5.32 Å². The van der Waals surface area contributed by atoms with E-state index in [1.54, 1.807) is 31.5 Å². The van der Waals surface area contributed by atoms with Gasteiger partial charge in [0.25, 0.3) is 0 Å². The molecule has 0 fully saturated rings. The van der Waals surface area contributed by atoms with Crippen molar-refractivity contribution >= 4 is 0 Å². The van der Waals surface area contributed by atoms with Crippen LogP contribution in [-0.2, 0) is 0 Å². The Labute approximate surface area is 117 Å². The van der Waals surface area contributed by atoms with Crippen LogP contribution in [0.15, 0.2) is 36.7 Å². The number of rotatable bonds is 5. The van der Waals surface area contributed by atoms with E-state index in [0.29, 0.717) is 11.1 Å². The van der Waals surface area contributed by atoms with E-state index in [9.17, 15) is 8.78 Å². The first kappa shape index (κ1) is 14.6. The Morgan fingerprint density at radius 3 is 2.45 bits per heavy atom. The quantitative estimate of drug-likeness (QED) is 0.899. The van der Waals surface area contributed by atoms with Crippen LogP contribution in [0.2, 0.25) is 0 Å². The molecule has 0 bridgehead atoms. The number of aryl methyl sites for hydroxylation is 1. The highest BCUT2D eigenvalue weighted by molar-refractivity contribution is 5.34. The third-order valence-corrected chi connectivity index (χ3v) is 3.25. The molecule has 1 aromatic carbocycles. The summed E-state index contributed by atoms with van der Waals surface area (Å²) >= 11 is 0. The first-order valence-corrected chi connectivity index (χ1v) is 6.73. The lowest BCUT2D eigenvalue weighted by molar-refractivity contribution is 0.476. The molecule has 0 radical (unpaired) electrons. The summed E-state index contributed by atoms with van der Waals surface area (Å²) in [6, 6.07) is 6.50. The summed E-state index contributed by atoms with van der Waals surface area (Å²) in [7, 11) is 0. The smallest absolute Gasteiger partial charge is 0.164 e. The fraction of sp³-hybridized carbons (Fsp3) is 0.312.